The summed E-state index contributed by atoms with van der Waals surface area (Å²) in [5.74, 6) is 0.950. The van der Waals surface area contributed by atoms with Gasteiger partial charge in [-0.3, -0.25) is 0 Å². The van der Waals surface area contributed by atoms with E-state index in [4.69, 9.17) is 4.74 Å². The number of ether oxygens (including phenoxy) is 1. The lowest BCUT2D eigenvalue weighted by Crippen LogP contribution is -3.00. The van der Waals surface area contributed by atoms with Crippen LogP contribution in [0, 0.1) is 16.7 Å². The summed E-state index contributed by atoms with van der Waals surface area (Å²) in [5.41, 5.74) is 1.66. The number of rotatable bonds is 7. The number of para-hydroxylation sites is 1. The lowest BCUT2D eigenvalue weighted by Gasteiger charge is -2.59. The normalized spacial score (nSPS) is 23.8. The van der Waals surface area contributed by atoms with Crippen LogP contribution in [0.4, 0.5) is 0 Å². The van der Waals surface area contributed by atoms with Gasteiger partial charge < -0.3 is 26.2 Å². The smallest absolute Gasteiger partial charge is 0.137 e. The predicted octanol–water partition coefficient (Wildman–Crippen LogP) is 2.58. The first-order valence-electron chi connectivity index (χ1n) is 11.8. The number of quaternary nitrogens is 1. The molecule has 0 unspecified atom stereocenters. The van der Waals surface area contributed by atoms with Gasteiger partial charge in [0.05, 0.1) is 25.7 Å². The predicted molar refractivity (Wildman–Crippen MR) is 127 cm³/mol. The molecule has 0 spiro atoms. The highest BCUT2D eigenvalue weighted by atomic mass is 79.9. The van der Waals surface area contributed by atoms with Crippen LogP contribution in [0.3, 0.4) is 0 Å². The van der Waals surface area contributed by atoms with E-state index in [1.807, 2.05) is 42.5 Å². The molecule has 6 rings (SSSR count). The molecule has 0 saturated carbocycles. The quantitative estimate of drug-likeness (QED) is 0.465. The molecule has 0 atom stereocenters. The number of hydrogen-bond donors (Lipinski definition) is 0. The van der Waals surface area contributed by atoms with E-state index in [1.54, 1.807) is 0 Å². The minimum atomic E-state index is -0.605. The average Bonchev–Trinajstić information content (AvgIpc) is 2.88. The van der Waals surface area contributed by atoms with Crippen LogP contribution in [0.5, 0.6) is 5.75 Å². The number of halogens is 1. The van der Waals surface area contributed by atoms with Crippen LogP contribution in [0.15, 0.2) is 91.0 Å². The van der Waals surface area contributed by atoms with Crippen molar-refractivity contribution in [1.29, 1.82) is 5.26 Å². The molecule has 3 fully saturated rings. The molecule has 3 aromatic carbocycles. The number of benzene rings is 3. The van der Waals surface area contributed by atoms with Gasteiger partial charge in [-0.25, -0.2) is 0 Å². The van der Waals surface area contributed by atoms with Crippen molar-refractivity contribution in [3.63, 3.8) is 0 Å². The van der Waals surface area contributed by atoms with Gasteiger partial charge in [-0.1, -0.05) is 78.9 Å². The molecule has 0 N–H and O–H groups in total. The summed E-state index contributed by atoms with van der Waals surface area (Å²) in [5, 5.41) is 10.8. The van der Waals surface area contributed by atoms with Gasteiger partial charge in [0.1, 0.15) is 24.3 Å². The Hall–Kier alpha value is -2.61. The van der Waals surface area contributed by atoms with Crippen molar-refractivity contribution in [2.45, 2.75) is 24.7 Å². The maximum Gasteiger partial charge on any atom is 0.137 e. The van der Waals surface area contributed by atoms with Crippen LogP contribution < -0.4 is 21.7 Å². The van der Waals surface area contributed by atoms with Crippen molar-refractivity contribution >= 4 is 0 Å². The molecule has 3 nitrogen and oxygen atoms in total. The minimum absolute atomic E-state index is 0. The summed E-state index contributed by atoms with van der Waals surface area (Å²) in [6.45, 7) is 5.17. The van der Waals surface area contributed by atoms with E-state index >= 15 is 0 Å². The van der Waals surface area contributed by atoms with E-state index in [0.29, 0.717) is 0 Å². The van der Waals surface area contributed by atoms with Gasteiger partial charge in [-0.15, -0.1) is 0 Å². The molecule has 3 aliphatic rings. The van der Waals surface area contributed by atoms with E-state index in [-0.39, 0.29) is 22.4 Å². The summed E-state index contributed by atoms with van der Waals surface area (Å²) in [6.07, 6.45) is 3.24. The second-order valence-electron chi connectivity index (χ2n) is 9.52. The third-order valence-electron chi connectivity index (χ3n) is 8.15. The number of fused-ring (bicyclic) bond motifs is 3. The molecule has 33 heavy (non-hydrogen) atoms. The molecule has 3 aliphatic heterocycles. The van der Waals surface area contributed by atoms with Crippen molar-refractivity contribution in [3.05, 3.63) is 102 Å². The molecular formula is C29H31BrN2O. The van der Waals surface area contributed by atoms with Crippen molar-refractivity contribution in [3.8, 4) is 11.8 Å². The van der Waals surface area contributed by atoms with E-state index < -0.39 is 5.41 Å². The SMILES string of the molecule is N#CC(c1ccccc1)(c1ccccc1)C12CC[N+](CCOc3ccccc3)(CC1)CC2.[Br-]. The Morgan fingerprint density at radius 1 is 0.758 bits per heavy atom. The first kappa shape index (κ1) is 23.5. The van der Waals surface area contributed by atoms with E-state index in [9.17, 15) is 5.26 Å². The van der Waals surface area contributed by atoms with Crippen molar-refractivity contribution < 1.29 is 26.2 Å². The van der Waals surface area contributed by atoms with Crippen molar-refractivity contribution in [2.24, 2.45) is 5.41 Å². The summed E-state index contributed by atoms with van der Waals surface area (Å²) in [4.78, 5) is 0. The molecule has 170 valence electrons. The third-order valence-corrected chi connectivity index (χ3v) is 8.15. The van der Waals surface area contributed by atoms with Crippen LogP contribution in [0.2, 0.25) is 0 Å². The fourth-order valence-electron chi connectivity index (χ4n) is 6.24. The topological polar surface area (TPSA) is 33.0 Å². The lowest BCUT2D eigenvalue weighted by atomic mass is 9.50. The van der Waals surface area contributed by atoms with Gasteiger partial charge in [-0.2, -0.15) is 5.26 Å². The van der Waals surface area contributed by atoms with Crippen LogP contribution in [-0.4, -0.2) is 37.3 Å². The fraction of sp³-hybridized carbons (Fsp3) is 0.345. The summed E-state index contributed by atoms with van der Waals surface area (Å²) < 4.78 is 7.16. The highest BCUT2D eigenvalue weighted by molar-refractivity contribution is 5.49. The Morgan fingerprint density at radius 2 is 1.21 bits per heavy atom. The van der Waals surface area contributed by atoms with E-state index in [1.165, 1.54) is 0 Å². The molecule has 4 heteroatoms. The van der Waals surface area contributed by atoms with Crippen LogP contribution in [0.25, 0.3) is 0 Å². The zero-order chi connectivity index (χ0) is 21.9. The Kier molecular flexibility index (Phi) is 6.93. The number of piperidine rings is 3. The average molecular weight is 503 g/mol. The first-order valence-corrected chi connectivity index (χ1v) is 11.8. The largest absolute Gasteiger partial charge is 1.00 e. The van der Waals surface area contributed by atoms with Gasteiger partial charge in [0.2, 0.25) is 0 Å². The van der Waals surface area contributed by atoms with Gasteiger partial charge in [0.15, 0.2) is 0 Å². The van der Waals surface area contributed by atoms with Crippen molar-refractivity contribution in [2.75, 3.05) is 32.8 Å². The Balaban J connectivity index is 0.00000259. The summed E-state index contributed by atoms with van der Waals surface area (Å²) in [6, 6.07) is 34.0. The monoisotopic (exact) mass is 502 g/mol. The number of hydrogen-bond acceptors (Lipinski definition) is 2. The van der Waals surface area contributed by atoms with Gasteiger partial charge in [0.25, 0.3) is 0 Å². The molecule has 2 bridgehead atoms. The number of nitrogens with zero attached hydrogens (tertiary/aromatic N) is 2. The molecule has 0 aliphatic carbocycles. The van der Waals surface area contributed by atoms with Gasteiger partial charge >= 0.3 is 0 Å². The van der Waals surface area contributed by atoms with Gasteiger partial charge in [-0.05, 0) is 23.3 Å². The van der Waals surface area contributed by atoms with Crippen LogP contribution in [-0.2, 0) is 5.41 Å². The van der Waals surface area contributed by atoms with Crippen molar-refractivity contribution in [1.82, 2.24) is 0 Å². The second-order valence-corrected chi connectivity index (χ2v) is 9.52. The van der Waals surface area contributed by atoms with E-state index in [0.717, 1.165) is 73.4 Å². The highest BCUT2D eigenvalue weighted by Gasteiger charge is 2.61. The summed E-state index contributed by atoms with van der Waals surface area (Å²) in [7, 11) is 0. The highest BCUT2D eigenvalue weighted by Crippen LogP contribution is 2.58. The maximum atomic E-state index is 10.8. The Bertz CT molecular complexity index is 1010. The first-order chi connectivity index (χ1) is 15.7. The molecule has 0 amide bonds. The maximum absolute atomic E-state index is 10.8. The zero-order valence-electron chi connectivity index (χ0n) is 19.0. The van der Waals surface area contributed by atoms with Gasteiger partial charge in [0, 0.05) is 24.7 Å². The van der Waals surface area contributed by atoms with Crippen LogP contribution >= 0.6 is 0 Å². The third kappa shape index (κ3) is 4.09. The molecule has 0 radical (unpaired) electrons. The zero-order valence-corrected chi connectivity index (χ0v) is 20.6. The van der Waals surface area contributed by atoms with Crippen LogP contribution in [0.1, 0.15) is 30.4 Å². The standard InChI is InChI=1S/C29H31N2O.BrH/c30-24-29(25-10-4-1-5-11-25,26-12-6-2-7-13-26)28-16-19-31(20-17-28,21-18-28)22-23-32-27-14-8-3-9-15-27;/h1-15H,16-23H2;1H/q+1;/p-1. The summed E-state index contributed by atoms with van der Waals surface area (Å²) >= 11 is 0. The molecular weight excluding hydrogens is 472 g/mol. The molecule has 3 aromatic rings. The minimum Gasteiger partial charge on any atom is -1.00 e. The molecule has 0 aromatic heterocycles. The lowest BCUT2D eigenvalue weighted by molar-refractivity contribution is -0.945. The molecule has 3 saturated heterocycles. The second kappa shape index (κ2) is 9.71. The van der Waals surface area contributed by atoms with E-state index in [2.05, 4.69) is 54.6 Å². The fourth-order valence-corrected chi connectivity index (χ4v) is 6.24. The number of nitriles is 1. The Morgan fingerprint density at radius 3 is 1.67 bits per heavy atom. The Labute approximate surface area is 208 Å². The molecule has 3 heterocycles.